The van der Waals surface area contributed by atoms with Crippen molar-refractivity contribution in [2.45, 2.75) is 30.6 Å². The molecule has 1 aromatic carbocycles. The maximum atomic E-state index is 13.0. The van der Waals surface area contributed by atoms with Gasteiger partial charge in [0.25, 0.3) is 0 Å². The third kappa shape index (κ3) is 4.22. The second kappa shape index (κ2) is 8.10. The molecule has 0 atom stereocenters. The first-order valence-corrected chi connectivity index (χ1v) is 10.1. The van der Waals surface area contributed by atoms with Crippen molar-refractivity contribution in [3.8, 4) is 11.4 Å². The number of benzene rings is 1. The lowest BCUT2D eigenvalue weighted by atomic mass is 10.2. The van der Waals surface area contributed by atoms with Gasteiger partial charge in [0.1, 0.15) is 5.82 Å². The molecule has 0 N–H and O–H groups in total. The Morgan fingerprint density at radius 1 is 1.25 bits per heavy atom. The van der Waals surface area contributed by atoms with Crippen LogP contribution in [0.5, 0.6) is 0 Å². The van der Waals surface area contributed by atoms with Crippen LogP contribution in [0.4, 0.5) is 4.39 Å². The van der Waals surface area contributed by atoms with E-state index in [0.29, 0.717) is 12.6 Å². The van der Waals surface area contributed by atoms with Crippen molar-refractivity contribution < 1.29 is 9.18 Å². The summed E-state index contributed by atoms with van der Waals surface area (Å²) >= 11 is 1.40. The van der Waals surface area contributed by atoms with Crippen LogP contribution in [0.15, 0.2) is 53.9 Å². The average molecular weight is 397 g/mol. The van der Waals surface area contributed by atoms with Gasteiger partial charge in [0.05, 0.1) is 5.75 Å². The molecule has 6 nitrogen and oxygen atoms in total. The van der Waals surface area contributed by atoms with Gasteiger partial charge in [0.15, 0.2) is 11.0 Å². The van der Waals surface area contributed by atoms with E-state index in [4.69, 9.17) is 0 Å². The first-order chi connectivity index (χ1) is 13.6. The number of amides is 1. The van der Waals surface area contributed by atoms with Crippen molar-refractivity contribution in [3.05, 3.63) is 60.2 Å². The number of carbonyl (C=O) groups excluding carboxylic acids is 1. The van der Waals surface area contributed by atoms with E-state index < -0.39 is 0 Å². The minimum absolute atomic E-state index is 0.0115. The Bertz CT molecular complexity index is 956. The fourth-order valence-electron chi connectivity index (χ4n) is 2.92. The van der Waals surface area contributed by atoms with E-state index in [-0.39, 0.29) is 17.5 Å². The Hall–Kier alpha value is -2.74. The SMILES string of the molecule is CN(Cc1ccc(F)cc1)C(=O)CSc1nnc(-c2cccnc2)n1C1CC1. The normalized spacial score (nSPS) is 13.5. The van der Waals surface area contributed by atoms with Crippen molar-refractivity contribution in [1.29, 1.82) is 0 Å². The molecule has 3 aromatic rings. The van der Waals surface area contributed by atoms with Gasteiger partial charge in [-0.2, -0.15) is 0 Å². The third-order valence-electron chi connectivity index (χ3n) is 4.58. The predicted molar refractivity (Wildman–Crippen MR) is 105 cm³/mol. The van der Waals surface area contributed by atoms with E-state index in [0.717, 1.165) is 34.9 Å². The first-order valence-electron chi connectivity index (χ1n) is 9.08. The monoisotopic (exact) mass is 397 g/mol. The van der Waals surface area contributed by atoms with Crippen LogP contribution in [0.25, 0.3) is 11.4 Å². The zero-order valence-corrected chi connectivity index (χ0v) is 16.3. The summed E-state index contributed by atoms with van der Waals surface area (Å²) in [6.07, 6.45) is 5.69. The van der Waals surface area contributed by atoms with Gasteiger partial charge < -0.3 is 4.90 Å². The minimum Gasteiger partial charge on any atom is -0.341 e. The number of nitrogens with zero attached hydrogens (tertiary/aromatic N) is 5. The summed E-state index contributed by atoms with van der Waals surface area (Å²) in [6.45, 7) is 0.440. The molecule has 1 fully saturated rings. The molecule has 2 aromatic heterocycles. The number of carbonyl (C=O) groups is 1. The summed E-state index contributed by atoms with van der Waals surface area (Å²) in [7, 11) is 1.75. The minimum atomic E-state index is -0.280. The average Bonchev–Trinajstić information content (AvgIpc) is 3.47. The van der Waals surface area contributed by atoms with Crippen LogP contribution >= 0.6 is 11.8 Å². The number of halogens is 1. The molecule has 1 saturated carbocycles. The number of hydrogen-bond donors (Lipinski definition) is 0. The Balaban J connectivity index is 1.42. The molecule has 0 bridgehead atoms. The lowest BCUT2D eigenvalue weighted by Gasteiger charge is -2.17. The molecule has 1 amide bonds. The summed E-state index contributed by atoms with van der Waals surface area (Å²) in [5, 5.41) is 9.41. The van der Waals surface area contributed by atoms with E-state index in [9.17, 15) is 9.18 Å². The molecular formula is C20H20FN5OS. The summed E-state index contributed by atoms with van der Waals surface area (Å²) in [5.41, 5.74) is 1.82. The highest BCUT2D eigenvalue weighted by molar-refractivity contribution is 7.99. The topological polar surface area (TPSA) is 63.9 Å². The van der Waals surface area contributed by atoms with Crippen LogP contribution in [-0.4, -0.2) is 43.4 Å². The maximum absolute atomic E-state index is 13.0. The Morgan fingerprint density at radius 3 is 2.71 bits per heavy atom. The maximum Gasteiger partial charge on any atom is 0.233 e. The molecule has 1 aliphatic carbocycles. The molecule has 8 heteroatoms. The Morgan fingerprint density at radius 2 is 2.04 bits per heavy atom. The number of aromatic nitrogens is 4. The van der Waals surface area contributed by atoms with Crippen LogP contribution in [-0.2, 0) is 11.3 Å². The molecule has 2 heterocycles. The van der Waals surface area contributed by atoms with Crippen LogP contribution in [0.3, 0.4) is 0 Å². The third-order valence-corrected chi connectivity index (χ3v) is 5.51. The number of hydrogen-bond acceptors (Lipinski definition) is 5. The van der Waals surface area contributed by atoms with Gasteiger partial charge in [-0.15, -0.1) is 10.2 Å². The molecule has 1 aliphatic rings. The van der Waals surface area contributed by atoms with E-state index in [2.05, 4.69) is 19.7 Å². The summed E-state index contributed by atoms with van der Waals surface area (Å²) in [4.78, 5) is 18.3. The highest BCUT2D eigenvalue weighted by Crippen LogP contribution is 2.40. The second-order valence-electron chi connectivity index (χ2n) is 6.81. The van der Waals surface area contributed by atoms with Crippen molar-refractivity contribution in [1.82, 2.24) is 24.6 Å². The van der Waals surface area contributed by atoms with Crippen LogP contribution < -0.4 is 0 Å². The van der Waals surface area contributed by atoms with Crippen molar-refractivity contribution in [2.75, 3.05) is 12.8 Å². The summed E-state index contributed by atoms with van der Waals surface area (Å²) in [5.74, 6) is 0.778. The fourth-order valence-corrected chi connectivity index (χ4v) is 3.86. The fraction of sp³-hybridized carbons (Fsp3) is 0.300. The quantitative estimate of drug-likeness (QED) is 0.571. The van der Waals surface area contributed by atoms with Crippen LogP contribution in [0, 0.1) is 5.82 Å². The molecule has 4 rings (SSSR count). The summed E-state index contributed by atoms with van der Waals surface area (Å²) < 4.78 is 15.1. The van der Waals surface area contributed by atoms with Gasteiger partial charge in [-0.05, 0) is 42.7 Å². The molecule has 0 spiro atoms. The smallest absolute Gasteiger partial charge is 0.233 e. The number of pyridine rings is 1. The van der Waals surface area contributed by atoms with E-state index in [1.165, 1.54) is 23.9 Å². The standard InChI is InChI=1S/C20H20FN5OS/c1-25(12-14-4-6-16(21)7-5-14)18(27)13-28-20-24-23-19(26(20)17-8-9-17)15-3-2-10-22-11-15/h2-7,10-11,17H,8-9,12-13H2,1H3. The van der Waals surface area contributed by atoms with Crippen LogP contribution in [0.2, 0.25) is 0 Å². The predicted octanol–water partition coefficient (Wildman–Crippen LogP) is 3.56. The molecule has 0 saturated heterocycles. The van der Waals surface area contributed by atoms with Gasteiger partial charge in [0.2, 0.25) is 5.91 Å². The summed E-state index contributed by atoms with van der Waals surface area (Å²) in [6, 6.07) is 10.4. The van der Waals surface area contributed by atoms with Gasteiger partial charge in [-0.1, -0.05) is 23.9 Å². The van der Waals surface area contributed by atoms with Gasteiger partial charge in [-0.25, -0.2) is 4.39 Å². The first kappa shape index (κ1) is 18.6. The van der Waals surface area contributed by atoms with E-state index >= 15 is 0 Å². The molecule has 0 unspecified atom stereocenters. The highest BCUT2D eigenvalue weighted by atomic mass is 32.2. The molecule has 28 heavy (non-hydrogen) atoms. The highest BCUT2D eigenvalue weighted by Gasteiger charge is 2.30. The molecule has 0 aliphatic heterocycles. The number of rotatable bonds is 7. The molecular weight excluding hydrogens is 377 g/mol. The largest absolute Gasteiger partial charge is 0.341 e. The lowest BCUT2D eigenvalue weighted by molar-refractivity contribution is -0.127. The van der Waals surface area contributed by atoms with E-state index in [1.54, 1.807) is 36.5 Å². The van der Waals surface area contributed by atoms with Crippen molar-refractivity contribution in [3.63, 3.8) is 0 Å². The number of thioether (sulfide) groups is 1. The molecule has 0 radical (unpaired) electrons. The second-order valence-corrected chi connectivity index (χ2v) is 7.76. The lowest BCUT2D eigenvalue weighted by Crippen LogP contribution is -2.27. The van der Waals surface area contributed by atoms with Gasteiger partial charge in [-0.3, -0.25) is 14.3 Å². The van der Waals surface area contributed by atoms with E-state index in [1.807, 2.05) is 12.1 Å². The molecule has 144 valence electrons. The van der Waals surface area contributed by atoms with Crippen molar-refractivity contribution in [2.24, 2.45) is 0 Å². The van der Waals surface area contributed by atoms with Crippen molar-refractivity contribution >= 4 is 17.7 Å². The Kier molecular flexibility index (Phi) is 5.38. The van der Waals surface area contributed by atoms with Crippen LogP contribution in [0.1, 0.15) is 24.4 Å². The van der Waals surface area contributed by atoms with Gasteiger partial charge in [0, 0.05) is 37.6 Å². The zero-order valence-electron chi connectivity index (χ0n) is 15.5. The van der Waals surface area contributed by atoms with Gasteiger partial charge >= 0.3 is 0 Å². The zero-order chi connectivity index (χ0) is 19.5. The Labute approximate surface area is 166 Å².